The molecule has 4 atom stereocenters. The van der Waals surface area contributed by atoms with Crippen molar-refractivity contribution in [1.82, 2.24) is 5.43 Å². The fourth-order valence-electron chi connectivity index (χ4n) is 3.62. The molecule has 0 radical (unpaired) electrons. The van der Waals surface area contributed by atoms with E-state index in [4.69, 9.17) is 16.3 Å². The zero-order valence-corrected chi connectivity index (χ0v) is 16.1. The fraction of sp³-hybridized carbons (Fsp3) is 0.450. The van der Waals surface area contributed by atoms with Crippen LogP contribution in [0.5, 0.6) is 0 Å². The number of aliphatic hydroxyl groups excluding tert-OH is 1. The van der Waals surface area contributed by atoms with Gasteiger partial charge in [0.15, 0.2) is 0 Å². The molecule has 0 aromatic carbocycles. The first-order chi connectivity index (χ1) is 13.2. The molecule has 4 unspecified atom stereocenters. The number of nitrogens with one attached hydrogen (secondary N) is 1. The first-order valence-corrected chi connectivity index (χ1v) is 9.35. The molecule has 0 aromatic heterocycles. The number of halogens is 4. The first-order valence-electron chi connectivity index (χ1n) is 8.97. The van der Waals surface area contributed by atoms with E-state index in [1.807, 2.05) is 6.92 Å². The van der Waals surface area contributed by atoms with Gasteiger partial charge < -0.3 is 15.3 Å². The summed E-state index contributed by atoms with van der Waals surface area (Å²) in [5.41, 5.74) is 2.97. The molecule has 0 fully saturated rings. The summed E-state index contributed by atoms with van der Waals surface area (Å²) in [7, 11) is 0. The van der Waals surface area contributed by atoms with E-state index in [1.54, 1.807) is 30.4 Å². The largest absolute Gasteiger partial charge is 0.512 e. The maximum atomic E-state index is 13.6. The maximum absolute atomic E-state index is 13.6. The van der Waals surface area contributed by atoms with E-state index in [-0.39, 0.29) is 18.3 Å². The first kappa shape index (κ1) is 20.7. The highest BCUT2D eigenvalue weighted by Gasteiger charge is 2.51. The van der Waals surface area contributed by atoms with Gasteiger partial charge in [0.05, 0.1) is 18.8 Å². The molecule has 3 aliphatic rings. The molecule has 0 saturated heterocycles. The molecule has 1 aliphatic heterocycles. The van der Waals surface area contributed by atoms with Crippen molar-refractivity contribution in [2.75, 3.05) is 6.61 Å². The number of aliphatic hydroxyl groups is 1. The van der Waals surface area contributed by atoms with Crippen LogP contribution in [-0.2, 0) is 4.74 Å². The molecule has 152 valence electrons. The van der Waals surface area contributed by atoms with E-state index in [1.165, 1.54) is 0 Å². The third-order valence-corrected chi connectivity index (χ3v) is 5.22. The van der Waals surface area contributed by atoms with Crippen LogP contribution in [0.2, 0.25) is 0 Å². The highest BCUT2D eigenvalue weighted by atomic mass is 35.5. The Morgan fingerprint density at radius 3 is 2.71 bits per heavy atom. The SMILES string of the molecule is C=C(C)COC1C=CC(C2NN=C(C(F)(F)F)C2C2C=CC(Cl)=CC2)=C(O)C1. The lowest BCUT2D eigenvalue weighted by molar-refractivity contribution is -0.0630. The van der Waals surface area contributed by atoms with Crippen molar-refractivity contribution in [3.05, 3.63) is 58.9 Å². The number of ether oxygens (including phenoxy) is 1. The average Bonchev–Trinajstić information content (AvgIpc) is 3.06. The van der Waals surface area contributed by atoms with Crippen LogP contribution in [0.15, 0.2) is 64.0 Å². The molecular weight excluding hydrogens is 393 g/mol. The molecule has 4 nitrogen and oxygen atoms in total. The van der Waals surface area contributed by atoms with Gasteiger partial charge in [0.25, 0.3) is 0 Å². The molecule has 8 heteroatoms. The van der Waals surface area contributed by atoms with Crippen molar-refractivity contribution in [3.63, 3.8) is 0 Å². The van der Waals surface area contributed by atoms with Gasteiger partial charge in [0.2, 0.25) is 0 Å². The van der Waals surface area contributed by atoms with Crippen molar-refractivity contribution in [2.45, 2.75) is 38.1 Å². The summed E-state index contributed by atoms with van der Waals surface area (Å²) in [6.45, 7) is 5.94. The van der Waals surface area contributed by atoms with E-state index in [9.17, 15) is 18.3 Å². The lowest BCUT2D eigenvalue weighted by atomic mass is 9.76. The van der Waals surface area contributed by atoms with Crippen molar-refractivity contribution < 1.29 is 23.0 Å². The minimum Gasteiger partial charge on any atom is -0.512 e. The molecule has 0 bridgehead atoms. The normalized spacial score (nSPS) is 30.2. The topological polar surface area (TPSA) is 53.8 Å². The van der Waals surface area contributed by atoms with Gasteiger partial charge in [-0.1, -0.05) is 48.1 Å². The summed E-state index contributed by atoms with van der Waals surface area (Å²) >= 11 is 5.92. The number of allylic oxidation sites excluding steroid dienone is 4. The lowest BCUT2D eigenvalue weighted by Crippen LogP contribution is -2.41. The third kappa shape index (κ3) is 4.52. The third-order valence-electron chi connectivity index (χ3n) is 4.94. The van der Waals surface area contributed by atoms with Crippen LogP contribution in [0.4, 0.5) is 13.2 Å². The molecule has 0 aromatic rings. The van der Waals surface area contributed by atoms with Crippen LogP contribution in [0.3, 0.4) is 0 Å². The zero-order valence-electron chi connectivity index (χ0n) is 15.3. The van der Waals surface area contributed by atoms with E-state index in [0.717, 1.165) is 5.57 Å². The summed E-state index contributed by atoms with van der Waals surface area (Å²) in [6.07, 6.45) is 4.00. The van der Waals surface area contributed by atoms with Crippen LogP contribution in [0.25, 0.3) is 0 Å². The molecule has 28 heavy (non-hydrogen) atoms. The van der Waals surface area contributed by atoms with Gasteiger partial charge in [-0.05, 0) is 25.3 Å². The van der Waals surface area contributed by atoms with E-state index in [0.29, 0.717) is 23.6 Å². The van der Waals surface area contributed by atoms with Gasteiger partial charge in [0.1, 0.15) is 11.5 Å². The van der Waals surface area contributed by atoms with E-state index < -0.39 is 29.8 Å². The predicted molar refractivity (Wildman–Crippen MR) is 103 cm³/mol. The van der Waals surface area contributed by atoms with Gasteiger partial charge in [-0.3, -0.25) is 0 Å². The van der Waals surface area contributed by atoms with Crippen LogP contribution < -0.4 is 5.43 Å². The Morgan fingerprint density at radius 2 is 2.14 bits per heavy atom. The number of hydrogen-bond acceptors (Lipinski definition) is 4. The number of alkyl halides is 3. The molecule has 0 spiro atoms. The minimum atomic E-state index is -4.56. The van der Waals surface area contributed by atoms with E-state index in [2.05, 4.69) is 17.1 Å². The quantitative estimate of drug-likeness (QED) is 0.627. The Balaban J connectivity index is 1.82. The Hall–Kier alpha value is -1.99. The highest BCUT2D eigenvalue weighted by Crippen LogP contribution is 2.40. The minimum absolute atomic E-state index is 0.00343. The van der Waals surface area contributed by atoms with Gasteiger partial charge >= 0.3 is 6.18 Å². The van der Waals surface area contributed by atoms with Crippen LogP contribution in [0.1, 0.15) is 19.8 Å². The molecule has 3 rings (SSSR count). The van der Waals surface area contributed by atoms with Gasteiger partial charge in [-0.15, -0.1) is 0 Å². The summed E-state index contributed by atoms with van der Waals surface area (Å²) in [4.78, 5) is 0. The van der Waals surface area contributed by atoms with Crippen LogP contribution >= 0.6 is 11.6 Å². The molecular formula is C20H22ClF3N2O2. The van der Waals surface area contributed by atoms with Gasteiger partial charge in [0, 0.05) is 22.9 Å². The smallest absolute Gasteiger partial charge is 0.431 e. The number of hydrogen-bond donors (Lipinski definition) is 2. The summed E-state index contributed by atoms with van der Waals surface area (Å²) in [6, 6.07) is -0.783. The molecule has 0 saturated carbocycles. The van der Waals surface area contributed by atoms with Gasteiger partial charge in [-0.25, -0.2) is 0 Å². The Kier molecular flexibility index (Phi) is 6.05. The summed E-state index contributed by atoms with van der Waals surface area (Å²) in [5.74, 6) is -1.40. The van der Waals surface area contributed by atoms with Crippen LogP contribution in [-0.4, -0.2) is 35.7 Å². The molecule has 2 N–H and O–H groups in total. The average molecular weight is 415 g/mol. The fourth-order valence-corrected chi connectivity index (χ4v) is 3.79. The summed E-state index contributed by atoms with van der Waals surface area (Å²) < 4.78 is 46.3. The van der Waals surface area contributed by atoms with Crippen LogP contribution in [0, 0.1) is 11.8 Å². The molecule has 0 amide bonds. The van der Waals surface area contributed by atoms with Gasteiger partial charge in [-0.2, -0.15) is 18.3 Å². The second kappa shape index (κ2) is 8.17. The molecule has 2 aliphatic carbocycles. The highest BCUT2D eigenvalue weighted by molar-refractivity contribution is 6.31. The maximum Gasteiger partial charge on any atom is 0.431 e. The Bertz CT molecular complexity index is 796. The second-order valence-corrected chi connectivity index (χ2v) is 7.68. The number of rotatable bonds is 5. The standard InChI is InChI=1S/C20H22ClF3N2O2/c1-11(2)10-28-14-7-8-15(16(27)9-14)18-17(12-3-5-13(21)6-4-12)19(26-25-18)20(22,23)24/h3,5-8,12,14,17-18,25,27H,1,4,9-10H2,2H3. The Morgan fingerprint density at radius 1 is 1.39 bits per heavy atom. The van der Waals surface area contributed by atoms with E-state index >= 15 is 0 Å². The zero-order chi connectivity index (χ0) is 20.5. The lowest BCUT2D eigenvalue weighted by Gasteiger charge is -2.31. The number of nitrogens with zero attached hydrogens (tertiary/aromatic N) is 1. The van der Waals surface area contributed by atoms with Crippen molar-refractivity contribution in [2.24, 2.45) is 16.9 Å². The van der Waals surface area contributed by atoms with Crippen molar-refractivity contribution in [3.8, 4) is 0 Å². The monoisotopic (exact) mass is 414 g/mol. The predicted octanol–water partition coefficient (Wildman–Crippen LogP) is 4.92. The number of hydrazone groups is 1. The molecule has 1 heterocycles. The Labute approximate surface area is 166 Å². The summed E-state index contributed by atoms with van der Waals surface area (Å²) in [5, 5.41) is 14.6. The second-order valence-electron chi connectivity index (χ2n) is 7.25. The van der Waals surface area contributed by atoms with Crippen molar-refractivity contribution >= 4 is 17.3 Å². The van der Waals surface area contributed by atoms with Crippen molar-refractivity contribution in [1.29, 1.82) is 0 Å².